The third-order valence-electron chi connectivity index (χ3n) is 7.54. The summed E-state index contributed by atoms with van der Waals surface area (Å²) in [6, 6.07) is 4.07. The summed E-state index contributed by atoms with van der Waals surface area (Å²) in [7, 11) is 1.57. The van der Waals surface area contributed by atoms with Crippen molar-refractivity contribution in [1.29, 1.82) is 0 Å². The fourth-order valence-electron chi connectivity index (χ4n) is 5.73. The summed E-state index contributed by atoms with van der Waals surface area (Å²) in [5.41, 5.74) is 0.854. The third kappa shape index (κ3) is 5.22. The smallest absolute Gasteiger partial charge is 0.243 e. The Morgan fingerprint density at radius 3 is 2.82 bits per heavy atom. The van der Waals surface area contributed by atoms with Gasteiger partial charge in [-0.1, -0.05) is 24.1 Å². The maximum Gasteiger partial charge on any atom is 0.243 e. The average molecular weight is 490 g/mol. The number of aryl methyl sites for hydroxylation is 1. The number of fused-ring (bicyclic) bond motifs is 1. The van der Waals surface area contributed by atoms with Crippen molar-refractivity contribution >= 4 is 35.6 Å². The summed E-state index contributed by atoms with van der Waals surface area (Å²) in [4.78, 5) is 51.8. The first kappa shape index (κ1) is 24.5. The van der Waals surface area contributed by atoms with Crippen molar-refractivity contribution in [1.82, 2.24) is 15.5 Å². The molecule has 1 saturated carbocycles. The number of rotatable bonds is 9. The number of carbonyl (C=O) groups is 4. The van der Waals surface area contributed by atoms with Crippen LogP contribution in [0.4, 0.5) is 0 Å². The van der Waals surface area contributed by atoms with E-state index >= 15 is 0 Å². The minimum Gasteiger partial charge on any atom is -0.497 e. The number of likely N-dealkylation sites (tertiary alicyclic amines) is 1. The number of nitrogens with one attached hydrogen (secondary N) is 2. The van der Waals surface area contributed by atoms with Gasteiger partial charge in [-0.15, -0.1) is 0 Å². The van der Waals surface area contributed by atoms with E-state index in [1.54, 1.807) is 18.1 Å². The highest BCUT2D eigenvalue weighted by Gasteiger charge is 2.49. The highest BCUT2D eigenvalue weighted by atomic mass is 35.5. The molecule has 0 spiro atoms. The number of nitrogens with zero attached hydrogens (tertiary/aromatic N) is 1. The van der Waals surface area contributed by atoms with Gasteiger partial charge in [0, 0.05) is 30.5 Å². The van der Waals surface area contributed by atoms with Gasteiger partial charge >= 0.3 is 0 Å². The number of halogens is 1. The van der Waals surface area contributed by atoms with E-state index in [-0.39, 0.29) is 42.4 Å². The van der Waals surface area contributed by atoms with Crippen LogP contribution in [0.3, 0.4) is 0 Å². The molecule has 2 heterocycles. The molecular formula is C25H32ClN3O5. The van der Waals surface area contributed by atoms with Crippen molar-refractivity contribution < 1.29 is 23.9 Å². The van der Waals surface area contributed by atoms with E-state index < -0.39 is 12.1 Å². The average Bonchev–Trinajstić information content (AvgIpc) is 3.53. The van der Waals surface area contributed by atoms with Gasteiger partial charge in [0.05, 0.1) is 13.2 Å². The predicted molar refractivity (Wildman–Crippen MR) is 126 cm³/mol. The molecule has 1 unspecified atom stereocenters. The number of hydrogen-bond acceptors (Lipinski definition) is 5. The normalized spacial score (nSPS) is 26.6. The molecule has 3 aliphatic rings. The van der Waals surface area contributed by atoms with Crippen LogP contribution >= 0.6 is 11.6 Å². The van der Waals surface area contributed by atoms with Crippen molar-refractivity contribution in [3.63, 3.8) is 0 Å². The molecule has 2 aliphatic heterocycles. The second-order valence-corrected chi connectivity index (χ2v) is 9.97. The van der Waals surface area contributed by atoms with Crippen LogP contribution in [0.5, 0.6) is 5.75 Å². The van der Waals surface area contributed by atoms with Crippen LogP contribution in [0.25, 0.3) is 0 Å². The van der Waals surface area contributed by atoms with Crippen LogP contribution in [0, 0.1) is 17.8 Å². The molecule has 4 rings (SSSR count). The zero-order chi connectivity index (χ0) is 24.2. The number of aldehydes is 1. The van der Waals surface area contributed by atoms with Crippen LogP contribution in [-0.2, 0) is 25.6 Å². The Kier molecular flexibility index (Phi) is 7.76. The number of hydrogen-bond donors (Lipinski definition) is 2. The third-order valence-corrected chi connectivity index (χ3v) is 7.89. The molecule has 2 saturated heterocycles. The molecule has 9 heteroatoms. The first-order valence-electron chi connectivity index (χ1n) is 12.1. The quantitative estimate of drug-likeness (QED) is 0.517. The van der Waals surface area contributed by atoms with Crippen molar-refractivity contribution in [2.45, 2.75) is 57.0 Å². The minimum absolute atomic E-state index is 0.0770. The van der Waals surface area contributed by atoms with E-state index in [4.69, 9.17) is 16.3 Å². The van der Waals surface area contributed by atoms with Crippen molar-refractivity contribution in [2.24, 2.45) is 17.8 Å². The van der Waals surface area contributed by atoms with Crippen LogP contribution in [0.15, 0.2) is 18.2 Å². The number of benzene rings is 1. The Labute approximate surface area is 204 Å². The summed E-state index contributed by atoms with van der Waals surface area (Å²) in [5, 5.41) is 6.14. The van der Waals surface area contributed by atoms with Gasteiger partial charge in [0.2, 0.25) is 17.7 Å². The number of amides is 3. The first-order chi connectivity index (χ1) is 16.4. The van der Waals surface area contributed by atoms with Crippen LogP contribution in [0.2, 0.25) is 5.02 Å². The lowest BCUT2D eigenvalue weighted by Crippen LogP contribution is -2.52. The highest BCUT2D eigenvalue weighted by molar-refractivity contribution is 6.31. The maximum absolute atomic E-state index is 13.3. The molecule has 2 N–H and O–H groups in total. The summed E-state index contributed by atoms with van der Waals surface area (Å²) >= 11 is 6.33. The van der Waals surface area contributed by atoms with Gasteiger partial charge in [-0.25, -0.2) is 0 Å². The summed E-state index contributed by atoms with van der Waals surface area (Å²) < 4.78 is 5.18. The van der Waals surface area contributed by atoms with Gasteiger partial charge in [-0.05, 0) is 61.6 Å². The molecular weight excluding hydrogens is 458 g/mol. The molecule has 8 nitrogen and oxygen atoms in total. The van der Waals surface area contributed by atoms with Gasteiger partial charge in [-0.3, -0.25) is 14.4 Å². The second-order valence-electron chi connectivity index (χ2n) is 9.57. The van der Waals surface area contributed by atoms with E-state index in [1.165, 1.54) is 0 Å². The van der Waals surface area contributed by atoms with Crippen molar-refractivity contribution in [3.05, 3.63) is 28.8 Å². The van der Waals surface area contributed by atoms with E-state index in [1.807, 2.05) is 12.1 Å². The first-order valence-corrected chi connectivity index (χ1v) is 12.4. The van der Waals surface area contributed by atoms with Gasteiger partial charge in [0.15, 0.2) is 0 Å². The predicted octanol–water partition coefficient (Wildman–Crippen LogP) is 2.12. The summed E-state index contributed by atoms with van der Waals surface area (Å²) in [6.45, 7) is 1.16. The molecule has 184 valence electrons. The van der Waals surface area contributed by atoms with Crippen LogP contribution in [0.1, 0.15) is 44.1 Å². The zero-order valence-corrected chi connectivity index (χ0v) is 20.2. The van der Waals surface area contributed by atoms with E-state index in [9.17, 15) is 19.2 Å². The molecule has 34 heavy (non-hydrogen) atoms. The number of methoxy groups -OCH3 is 1. The lowest BCUT2D eigenvalue weighted by molar-refractivity contribution is -0.140. The summed E-state index contributed by atoms with van der Waals surface area (Å²) in [5.74, 6) is 0.344. The zero-order valence-electron chi connectivity index (χ0n) is 19.4. The molecule has 3 fully saturated rings. The molecule has 0 bridgehead atoms. The number of carbonyl (C=O) groups excluding carboxylic acids is 4. The van der Waals surface area contributed by atoms with Crippen molar-refractivity contribution in [2.75, 3.05) is 20.2 Å². The molecule has 3 amide bonds. The van der Waals surface area contributed by atoms with Gasteiger partial charge in [0.1, 0.15) is 18.1 Å². The monoisotopic (exact) mass is 489 g/mol. The largest absolute Gasteiger partial charge is 0.497 e. The Morgan fingerprint density at radius 2 is 2.15 bits per heavy atom. The van der Waals surface area contributed by atoms with E-state index in [2.05, 4.69) is 10.6 Å². The van der Waals surface area contributed by atoms with E-state index in [0.717, 1.165) is 24.8 Å². The fraction of sp³-hybridized carbons (Fsp3) is 0.600. The lowest BCUT2D eigenvalue weighted by atomic mass is 9.92. The molecule has 5 atom stereocenters. The standard InChI is InChI=1S/C25H32ClN3O5/c1-34-19-7-5-15(21(26)12-19)6-8-22(31)29-13-17-3-2-4-20(17)23(29)25(33)28-18(14-30)11-16-9-10-27-24(16)32/h5,7,12,14,16-18,20,23H,2-4,6,8-11,13H2,1H3,(H,27,32)(H,28,33)/t16-,17-,18-,20+,23?/m0/s1. The molecule has 0 radical (unpaired) electrons. The summed E-state index contributed by atoms with van der Waals surface area (Å²) in [6.07, 6.45) is 5.29. The number of ether oxygens (including phenoxy) is 1. The molecule has 0 aromatic heterocycles. The van der Waals surface area contributed by atoms with Gasteiger partial charge in [0.25, 0.3) is 0 Å². The molecule has 1 aliphatic carbocycles. The Balaban J connectivity index is 1.41. The Morgan fingerprint density at radius 1 is 1.32 bits per heavy atom. The Hall–Kier alpha value is -2.61. The maximum atomic E-state index is 13.3. The van der Waals surface area contributed by atoms with Crippen LogP contribution < -0.4 is 15.4 Å². The lowest BCUT2D eigenvalue weighted by Gasteiger charge is -2.28. The van der Waals surface area contributed by atoms with Crippen LogP contribution in [-0.4, -0.2) is 61.2 Å². The fourth-order valence-corrected chi connectivity index (χ4v) is 6.00. The SMILES string of the molecule is COc1ccc(CCC(=O)N2C[C@@H]3CCC[C@H]3C2C(=O)N[C@H](C=O)C[C@@H]2CCNC2=O)c(Cl)c1. The molecule has 1 aromatic rings. The van der Waals surface area contributed by atoms with Gasteiger partial charge in [-0.2, -0.15) is 0 Å². The van der Waals surface area contributed by atoms with Gasteiger partial charge < -0.3 is 25.1 Å². The van der Waals surface area contributed by atoms with E-state index in [0.29, 0.717) is 48.9 Å². The van der Waals surface area contributed by atoms with Crippen molar-refractivity contribution in [3.8, 4) is 5.75 Å². The molecule has 1 aromatic carbocycles. The second kappa shape index (κ2) is 10.8. The Bertz CT molecular complexity index is 954. The highest BCUT2D eigenvalue weighted by Crippen LogP contribution is 2.42. The topological polar surface area (TPSA) is 105 Å². The minimum atomic E-state index is -0.739.